The zero-order valence-corrected chi connectivity index (χ0v) is 15.2. The maximum Gasteiger partial charge on any atom is 0.293 e. The zero-order chi connectivity index (χ0) is 17.1. The summed E-state index contributed by atoms with van der Waals surface area (Å²) in [6.45, 7) is 7.47. The number of aryl methyl sites for hydroxylation is 1. The molecular formula is C19H30N4O. The summed E-state index contributed by atoms with van der Waals surface area (Å²) in [4.78, 5) is 18.8. The highest BCUT2D eigenvalue weighted by Gasteiger charge is 2.26. The molecule has 1 aromatic rings. The van der Waals surface area contributed by atoms with Crippen LogP contribution < -0.4 is 15.8 Å². The number of rotatable bonds is 4. The van der Waals surface area contributed by atoms with Gasteiger partial charge in [0.25, 0.3) is 5.56 Å². The van der Waals surface area contributed by atoms with E-state index >= 15 is 0 Å². The SMILES string of the molecule is CC1=CCCC(C)C1CNC1CCCN(c2nccn(C)c2=O)C1. The van der Waals surface area contributed by atoms with Crippen molar-refractivity contribution in [3.05, 3.63) is 34.4 Å². The summed E-state index contributed by atoms with van der Waals surface area (Å²) < 4.78 is 1.61. The third-order valence-electron chi connectivity index (χ3n) is 5.71. The topological polar surface area (TPSA) is 50.2 Å². The minimum absolute atomic E-state index is 0.00201. The molecule has 3 rings (SSSR count). The molecule has 2 aliphatic rings. The number of anilines is 1. The number of nitrogens with one attached hydrogen (secondary N) is 1. The summed E-state index contributed by atoms with van der Waals surface area (Å²) >= 11 is 0. The molecule has 1 saturated heterocycles. The summed E-state index contributed by atoms with van der Waals surface area (Å²) in [5.74, 6) is 2.00. The van der Waals surface area contributed by atoms with E-state index in [2.05, 4.69) is 35.1 Å². The van der Waals surface area contributed by atoms with Gasteiger partial charge in [-0.25, -0.2) is 4.98 Å². The fourth-order valence-corrected chi connectivity index (χ4v) is 4.07. The van der Waals surface area contributed by atoms with E-state index in [0.717, 1.165) is 32.0 Å². The normalized spacial score (nSPS) is 27.9. The number of aromatic nitrogens is 2. The maximum absolute atomic E-state index is 12.3. The molecule has 1 N–H and O–H groups in total. The van der Waals surface area contributed by atoms with E-state index in [-0.39, 0.29) is 5.56 Å². The average Bonchev–Trinajstić information content (AvgIpc) is 2.57. The van der Waals surface area contributed by atoms with E-state index < -0.39 is 0 Å². The Morgan fingerprint density at radius 3 is 3.00 bits per heavy atom. The van der Waals surface area contributed by atoms with Crippen molar-refractivity contribution >= 4 is 5.82 Å². The largest absolute Gasteiger partial charge is 0.350 e. The number of hydrogen-bond donors (Lipinski definition) is 1. The zero-order valence-electron chi connectivity index (χ0n) is 15.2. The van der Waals surface area contributed by atoms with Crippen LogP contribution in [-0.2, 0) is 7.05 Å². The highest BCUT2D eigenvalue weighted by Crippen LogP contribution is 2.29. The van der Waals surface area contributed by atoms with Gasteiger partial charge in [-0.2, -0.15) is 0 Å². The van der Waals surface area contributed by atoms with Crippen LogP contribution in [0.5, 0.6) is 0 Å². The quantitative estimate of drug-likeness (QED) is 0.861. The fourth-order valence-electron chi connectivity index (χ4n) is 4.07. The number of nitrogens with zero attached hydrogens (tertiary/aromatic N) is 3. The van der Waals surface area contributed by atoms with Crippen molar-refractivity contribution in [1.82, 2.24) is 14.9 Å². The molecule has 0 bridgehead atoms. The summed E-state index contributed by atoms with van der Waals surface area (Å²) in [7, 11) is 1.78. The van der Waals surface area contributed by atoms with Gasteiger partial charge in [0.2, 0.25) is 0 Å². The van der Waals surface area contributed by atoms with Gasteiger partial charge in [0.05, 0.1) is 0 Å². The van der Waals surface area contributed by atoms with Crippen molar-refractivity contribution in [2.24, 2.45) is 18.9 Å². The molecule has 5 heteroatoms. The first-order valence-electron chi connectivity index (χ1n) is 9.23. The summed E-state index contributed by atoms with van der Waals surface area (Å²) in [6.07, 6.45) is 10.6. The lowest BCUT2D eigenvalue weighted by molar-refractivity contribution is 0.320. The molecule has 24 heavy (non-hydrogen) atoms. The molecule has 3 atom stereocenters. The lowest BCUT2D eigenvalue weighted by atomic mass is 9.80. The highest BCUT2D eigenvalue weighted by molar-refractivity contribution is 5.36. The van der Waals surface area contributed by atoms with Crippen LogP contribution in [0.15, 0.2) is 28.8 Å². The molecule has 132 valence electrons. The molecule has 0 saturated carbocycles. The van der Waals surface area contributed by atoms with Crippen LogP contribution in [0.1, 0.15) is 39.5 Å². The second-order valence-electron chi connectivity index (χ2n) is 7.47. The van der Waals surface area contributed by atoms with Crippen LogP contribution in [0, 0.1) is 11.8 Å². The number of piperidine rings is 1. The van der Waals surface area contributed by atoms with Crippen LogP contribution in [0.4, 0.5) is 5.82 Å². The second kappa shape index (κ2) is 7.51. The van der Waals surface area contributed by atoms with Crippen molar-refractivity contribution in [2.75, 3.05) is 24.5 Å². The Kier molecular flexibility index (Phi) is 5.39. The molecule has 0 radical (unpaired) electrons. The Morgan fingerprint density at radius 1 is 1.38 bits per heavy atom. The smallest absolute Gasteiger partial charge is 0.293 e. The minimum Gasteiger partial charge on any atom is -0.350 e. The number of hydrogen-bond acceptors (Lipinski definition) is 4. The van der Waals surface area contributed by atoms with E-state index in [1.54, 1.807) is 24.0 Å². The molecule has 0 aromatic carbocycles. The van der Waals surface area contributed by atoms with Gasteiger partial charge in [0.1, 0.15) is 0 Å². The first kappa shape index (κ1) is 17.2. The monoisotopic (exact) mass is 330 g/mol. The predicted octanol–water partition coefficient (Wildman–Crippen LogP) is 2.33. The van der Waals surface area contributed by atoms with E-state index in [0.29, 0.717) is 17.8 Å². The fraction of sp³-hybridized carbons (Fsp3) is 0.684. The van der Waals surface area contributed by atoms with E-state index in [9.17, 15) is 4.79 Å². The third kappa shape index (κ3) is 3.72. The predicted molar refractivity (Wildman–Crippen MR) is 98.4 cm³/mol. The summed E-state index contributed by atoms with van der Waals surface area (Å²) in [5.41, 5.74) is 1.53. The van der Waals surface area contributed by atoms with Crippen molar-refractivity contribution < 1.29 is 0 Å². The number of allylic oxidation sites excluding steroid dienone is 1. The van der Waals surface area contributed by atoms with Gasteiger partial charge in [0.15, 0.2) is 5.82 Å². The second-order valence-corrected chi connectivity index (χ2v) is 7.47. The molecule has 1 aliphatic heterocycles. The molecule has 3 unspecified atom stereocenters. The van der Waals surface area contributed by atoms with Crippen LogP contribution >= 0.6 is 0 Å². The molecule has 5 nitrogen and oxygen atoms in total. The molecular weight excluding hydrogens is 300 g/mol. The lowest BCUT2D eigenvalue weighted by Crippen LogP contribution is -2.49. The van der Waals surface area contributed by atoms with Gasteiger partial charge >= 0.3 is 0 Å². The standard InChI is InChI=1S/C19H30N4O/c1-14-6-4-7-15(2)17(14)12-21-16-8-5-10-23(13-16)18-19(24)22(3)11-9-20-18/h6,9,11,15-17,21H,4-5,7-8,10,12-13H2,1-3H3. The van der Waals surface area contributed by atoms with Gasteiger partial charge in [-0.3, -0.25) is 4.79 Å². The van der Waals surface area contributed by atoms with Gasteiger partial charge < -0.3 is 14.8 Å². The molecule has 1 fully saturated rings. The van der Waals surface area contributed by atoms with E-state index in [1.807, 2.05) is 0 Å². The Balaban J connectivity index is 1.62. The first-order chi connectivity index (χ1) is 11.6. The summed E-state index contributed by atoms with van der Waals surface area (Å²) in [5, 5.41) is 3.77. The average molecular weight is 330 g/mol. The Morgan fingerprint density at radius 2 is 2.21 bits per heavy atom. The molecule has 0 amide bonds. The van der Waals surface area contributed by atoms with E-state index in [1.165, 1.54) is 24.8 Å². The van der Waals surface area contributed by atoms with Gasteiger partial charge in [-0.15, -0.1) is 0 Å². The Bertz CT molecular complexity index is 651. The lowest BCUT2D eigenvalue weighted by Gasteiger charge is -2.36. The van der Waals surface area contributed by atoms with Crippen molar-refractivity contribution in [1.29, 1.82) is 0 Å². The molecule has 2 heterocycles. The Labute approximate surface area is 144 Å². The van der Waals surface area contributed by atoms with Crippen LogP contribution in [0.2, 0.25) is 0 Å². The maximum atomic E-state index is 12.3. The summed E-state index contributed by atoms with van der Waals surface area (Å²) in [6, 6.07) is 0.437. The van der Waals surface area contributed by atoms with Crippen molar-refractivity contribution in [2.45, 2.75) is 45.6 Å². The van der Waals surface area contributed by atoms with E-state index in [4.69, 9.17) is 0 Å². The molecule has 1 aromatic heterocycles. The van der Waals surface area contributed by atoms with Crippen LogP contribution in [-0.4, -0.2) is 35.2 Å². The van der Waals surface area contributed by atoms with Crippen LogP contribution in [0.25, 0.3) is 0 Å². The van der Waals surface area contributed by atoms with Gasteiger partial charge in [-0.05, 0) is 44.4 Å². The minimum atomic E-state index is -0.00201. The van der Waals surface area contributed by atoms with Crippen molar-refractivity contribution in [3.8, 4) is 0 Å². The third-order valence-corrected chi connectivity index (χ3v) is 5.71. The van der Waals surface area contributed by atoms with Crippen LogP contribution in [0.3, 0.4) is 0 Å². The van der Waals surface area contributed by atoms with Gasteiger partial charge in [-0.1, -0.05) is 18.6 Å². The molecule has 1 aliphatic carbocycles. The molecule has 0 spiro atoms. The van der Waals surface area contributed by atoms with Crippen molar-refractivity contribution in [3.63, 3.8) is 0 Å². The first-order valence-corrected chi connectivity index (χ1v) is 9.23. The highest BCUT2D eigenvalue weighted by atomic mass is 16.1. The van der Waals surface area contributed by atoms with Gasteiger partial charge in [0, 0.05) is 45.1 Å². The Hall–Kier alpha value is -1.62.